The monoisotopic (exact) mass is 363 g/mol. The predicted octanol–water partition coefficient (Wildman–Crippen LogP) is 0.798. The zero-order valence-corrected chi connectivity index (χ0v) is 14.4. The molecule has 0 aromatic heterocycles. The van der Waals surface area contributed by atoms with Gasteiger partial charge in [0, 0.05) is 31.4 Å². The van der Waals surface area contributed by atoms with Gasteiger partial charge in [-0.3, -0.25) is 19.7 Å². The summed E-state index contributed by atoms with van der Waals surface area (Å²) in [6.07, 6.45) is 5.06. The first-order chi connectivity index (χ1) is 13.0. The lowest BCUT2D eigenvalue weighted by molar-refractivity contribution is -0.123. The van der Waals surface area contributed by atoms with Crippen molar-refractivity contribution in [2.45, 2.75) is 0 Å². The predicted molar refractivity (Wildman–Crippen MR) is 97.0 cm³/mol. The molecule has 0 aliphatic carbocycles. The number of hydroxylamine groups is 2. The van der Waals surface area contributed by atoms with Crippen LogP contribution in [0.25, 0.3) is 5.57 Å². The first kappa shape index (κ1) is 17.0. The summed E-state index contributed by atoms with van der Waals surface area (Å²) in [7, 11) is 0. The van der Waals surface area contributed by atoms with E-state index in [0.29, 0.717) is 47.7 Å². The van der Waals surface area contributed by atoms with Crippen LogP contribution in [-0.2, 0) is 9.59 Å². The van der Waals surface area contributed by atoms with Gasteiger partial charge in [0.15, 0.2) is 0 Å². The van der Waals surface area contributed by atoms with Crippen molar-refractivity contribution in [3.8, 4) is 6.07 Å². The first-order valence-electron chi connectivity index (χ1n) is 8.51. The van der Waals surface area contributed by atoms with Crippen LogP contribution in [0, 0.1) is 11.3 Å². The van der Waals surface area contributed by atoms with Crippen molar-refractivity contribution < 1.29 is 14.8 Å². The Balaban J connectivity index is 1.59. The minimum Gasteiger partial charge on any atom is -0.354 e. The highest BCUT2D eigenvalue weighted by molar-refractivity contribution is 6.32. The zero-order valence-electron chi connectivity index (χ0n) is 14.4. The Bertz CT molecular complexity index is 970. The second kappa shape index (κ2) is 6.72. The van der Waals surface area contributed by atoms with E-state index in [4.69, 9.17) is 5.26 Å². The first-order valence-corrected chi connectivity index (χ1v) is 8.51. The van der Waals surface area contributed by atoms with Crippen LogP contribution in [0.5, 0.6) is 0 Å². The minimum absolute atomic E-state index is 0.0127. The largest absolute Gasteiger partial charge is 0.354 e. The Morgan fingerprint density at radius 1 is 1.26 bits per heavy atom. The highest BCUT2D eigenvalue weighted by Crippen LogP contribution is 2.36. The maximum absolute atomic E-state index is 12.4. The fourth-order valence-corrected chi connectivity index (χ4v) is 3.40. The summed E-state index contributed by atoms with van der Waals surface area (Å²) in [6, 6.07) is 6.98. The number of hydrogen-bond acceptors (Lipinski definition) is 6. The van der Waals surface area contributed by atoms with Crippen LogP contribution in [0.2, 0.25) is 0 Å². The number of hydrogen-bond donors (Lipinski definition) is 3. The Morgan fingerprint density at radius 2 is 2.11 bits per heavy atom. The molecule has 2 amide bonds. The highest BCUT2D eigenvalue weighted by Gasteiger charge is 2.29. The molecule has 1 aromatic carbocycles. The Morgan fingerprint density at radius 3 is 2.85 bits per heavy atom. The molecule has 3 aliphatic rings. The van der Waals surface area contributed by atoms with Gasteiger partial charge in [-0.2, -0.15) is 5.26 Å². The number of benzene rings is 1. The topological polar surface area (TPSA) is 109 Å². The summed E-state index contributed by atoms with van der Waals surface area (Å²) in [5.74, 6) is -0.343. The summed E-state index contributed by atoms with van der Waals surface area (Å²) in [4.78, 5) is 25.9. The van der Waals surface area contributed by atoms with Gasteiger partial charge < -0.3 is 10.6 Å². The number of allylic oxidation sites excluding steroid dienone is 1. The number of carbonyl (C=O) groups excluding carboxylic acids is 2. The number of nitrogens with one attached hydrogen (secondary N) is 2. The van der Waals surface area contributed by atoms with Crippen molar-refractivity contribution in [3.05, 3.63) is 58.9 Å². The zero-order chi connectivity index (χ0) is 19.0. The molecule has 0 radical (unpaired) electrons. The lowest BCUT2D eigenvalue weighted by atomic mass is 10.0. The summed E-state index contributed by atoms with van der Waals surface area (Å²) < 4.78 is 0. The highest BCUT2D eigenvalue weighted by atomic mass is 16.5. The van der Waals surface area contributed by atoms with E-state index in [-0.39, 0.29) is 11.8 Å². The third kappa shape index (κ3) is 3.21. The molecule has 27 heavy (non-hydrogen) atoms. The van der Waals surface area contributed by atoms with Crippen LogP contribution in [0.3, 0.4) is 0 Å². The van der Waals surface area contributed by atoms with Gasteiger partial charge in [-0.05, 0) is 23.8 Å². The van der Waals surface area contributed by atoms with Crippen LogP contribution >= 0.6 is 0 Å². The number of nitrogens with zero attached hydrogens (tertiary/aromatic N) is 3. The van der Waals surface area contributed by atoms with Crippen LogP contribution < -0.4 is 10.6 Å². The van der Waals surface area contributed by atoms with Crippen molar-refractivity contribution in [2.75, 3.05) is 31.5 Å². The van der Waals surface area contributed by atoms with E-state index in [1.807, 2.05) is 17.0 Å². The molecule has 0 spiro atoms. The van der Waals surface area contributed by atoms with Crippen molar-refractivity contribution in [2.24, 2.45) is 0 Å². The second-order valence-corrected chi connectivity index (χ2v) is 6.53. The Hall–Kier alpha value is -3.41. The van der Waals surface area contributed by atoms with Crippen LogP contribution in [0.4, 0.5) is 5.69 Å². The molecule has 8 heteroatoms. The molecule has 1 fully saturated rings. The Labute approximate surface area is 155 Å². The quantitative estimate of drug-likeness (QED) is 0.671. The number of carbonyl (C=O) groups is 2. The van der Waals surface area contributed by atoms with Crippen molar-refractivity contribution in [1.29, 1.82) is 5.26 Å². The number of anilines is 1. The van der Waals surface area contributed by atoms with Gasteiger partial charge in [-0.15, -0.1) is 0 Å². The molecule has 3 aliphatic heterocycles. The van der Waals surface area contributed by atoms with E-state index in [9.17, 15) is 14.8 Å². The van der Waals surface area contributed by atoms with Crippen LogP contribution in [-0.4, -0.2) is 53.2 Å². The summed E-state index contributed by atoms with van der Waals surface area (Å²) in [5, 5.41) is 25.9. The molecular weight excluding hydrogens is 346 g/mol. The number of rotatable bonds is 2. The van der Waals surface area contributed by atoms with Crippen LogP contribution in [0.15, 0.2) is 47.8 Å². The number of fused-ring (bicyclic) bond motifs is 1. The molecule has 3 N–H and O–H groups in total. The summed E-state index contributed by atoms with van der Waals surface area (Å²) >= 11 is 0. The van der Waals surface area contributed by atoms with Gasteiger partial charge in [0.25, 0.3) is 5.91 Å². The van der Waals surface area contributed by atoms with Crippen molar-refractivity contribution in [1.82, 2.24) is 15.3 Å². The molecule has 0 bridgehead atoms. The van der Waals surface area contributed by atoms with Gasteiger partial charge in [0.2, 0.25) is 5.91 Å². The fraction of sp³-hybridized carbons (Fsp3) is 0.211. The van der Waals surface area contributed by atoms with Gasteiger partial charge in [-0.25, -0.2) is 5.06 Å². The molecule has 4 rings (SSSR count). The minimum atomic E-state index is -0.330. The number of amides is 2. The van der Waals surface area contributed by atoms with Gasteiger partial charge >= 0.3 is 0 Å². The third-order valence-electron chi connectivity index (χ3n) is 4.66. The fourth-order valence-electron chi connectivity index (χ4n) is 3.40. The molecule has 0 saturated carbocycles. The average Bonchev–Trinajstić information content (AvgIpc) is 2.97. The number of piperazine rings is 1. The van der Waals surface area contributed by atoms with Gasteiger partial charge in [0.05, 0.1) is 35.1 Å². The molecule has 3 heterocycles. The standard InChI is InChI=1S/C19H17N5O3/c20-8-12-1-3-14-15(7-12)22-19(26)18(14)16-4-2-13(10-24(16)27)9-23-6-5-21-17(25)11-23/h1-4,7,10,27H,5-6,9,11H2,(H,21,25)(H,22,26). The molecule has 0 unspecified atom stereocenters. The van der Waals surface area contributed by atoms with E-state index in [1.54, 1.807) is 30.5 Å². The molecule has 1 saturated heterocycles. The molecule has 1 aromatic rings. The van der Waals surface area contributed by atoms with Gasteiger partial charge in [-0.1, -0.05) is 12.1 Å². The average molecular weight is 363 g/mol. The van der Waals surface area contributed by atoms with E-state index in [2.05, 4.69) is 10.6 Å². The molecular formula is C19H17N5O3. The van der Waals surface area contributed by atoms with E-state index < -0.39 is 0 Å². The van der Waals surface area contributed by atoms with E-state index in [0.717, 1.165) is 17.2 Å². The second-order valence-electron chi connectivity index (χ2n) is 6.53. The lowest BCUT2D eigenvalue weighted by Gasteiger charge is -2.28. The molecule has 8 nitrogen and oxygen atoms in total. The van der Waals surface area contributed by atoms with E-state index >= 15 is 0 Å². The smallest absolute Gasteiger partial charge is 0.258 e. The maximum atomic E-state index is 12.4. The number of nitriles is 1. The lowest BCUT2D eigenvalue weighted by Crippen LogP contribution is -2.48. The third-order valence-corrected chi connectivity index (χ3v) is 4.66. The molecule has 0 atom stereocenters. The summed E-state index contributed by atoms with van der Waals surface area (Å²) in [6.45, 7) is 2.20. The Kier molecular flexibility index (Phi) is 4.24. The van der Waals surface area contributed by atoms with Gasteiger partial charge in [0.1, 0.15) is 0 Å². The van der Waals surface area contributed by atoms with Crippen molar-refractivity contribution in [3.63, 3.8) is 0 Å². The molecule has 136 valence electrons. The SMILES string of the molecule is N#Cc1ccc2c(c1)NC(=O)C2=C1C=CC(CN2CCNC(=O)C2)=CN1O. The van der Waals surface area contributed by atoms with Crippen LogP contribution in [0.1, 0.15) is 11.1 Å². The van der Waals surface area contributed by atoms with E-state index in [1.165, 1.54) is 0 Å². The normalized spacial score (nSPS) is 22.1. The summed E-state index contributed by atoms with van der Waals surface area (Å²) in [5.41, 5.74) is 3.18. The maximum Gasteiger partial charge on any atom is 0.258 e. The van der Waals surface area contributed by atoms with Crippen molar-refractivity contribution >= 4 is 23.1 Å².